The Balaban J connectivity index is 1.69. The normalized spacial score (nSPS) is 23.3. The predicted molar refractivity (Wildman–Crippen MR) is 175 cm³/mol. The van der Waals surface area contributed by atoms with E-state index in [1.165, 1.54) is 29.7 Å². The lowest BCUT2D eigenvalue weighted by Crippen LogP contribution is -2.59. The van der Waals surface area contributed by atoms with Crippen molar-refractivity contribution >= 4 is 56.3 Å². The minimum absolute atomic E-state index is 0.0323. The second-order valence-electron chi connectivity index (χ2n) is 13.5. The van der Waals surface area contributed by atoms with Crippen molar-refractivity contribution in [1.29, 1.82) is 0 Å². The summed E-state index contributed by atoms with van der Waals surface area (Å²) in [6.45, 7) is 6.84. The fourth-order valence-electron chi connectivity index (χ4n) is 6.34. The molecule has 0 spiro atoms. The number of carbonyl (C=O) groups is 2. The highest BCUT2D eigenvalue weighted by atomic mass is 35.5. The third-order valence-corrected chi connectivity index (χ3v) is 13.2. The monoisotopic (exact) mass is 694 g/mol. The summed E-state index contributed by atoms with van der Waals surface area (Å²) in [7, 11) is -3.66. The molecule has 0 radical (unpaired) electrons. The number of sulfone groups is 1. The molecule has 3 aromatic rings. The number of aliphatic carboxylic acids is 1. The van der Waals surface area contributed by atoms with Crippen LogP contribution in [-0.4, -0.2) is 51.8 Å². The van der Waals surface area contributed by atoms with Gasteiger partial charge in [0.05, 0.1) is 38.4 Å². The maximum Gasteiger partial charge on any atom is 0.308 e. The van der Waals surface area contributed by atoms with Gasteiger partial charge >= 0.3 is 5.97 Å². The van der Waals surface area contributed by atoms with Crippen LogP contribution in [0.2, 0.25) is 10.0 Å². The van der Waals surface area contributed by atoms with E-state index in [0.29, 0.717) is 26.9 Å². The van der Waals surface area contributed by atoms with Crippen LogP contribution in [0.4, 0.5) is 4.39 Å². The zero-order valence-corrected chi connectivity index (χ0v) is 28.7. The van der Waals surface area contributed by atoms with E-state index in [4.69, 9.17) is 23.2 Å². The number of hydrogen-bond acceptors (Lipinski definition) is 6. The van der Waals surface area contributed by atoms with Gasteiger partial charge < -0.3 is 10.0 Å². The van der Waals surface area contributed by atoms with Gasteiger partial charge in [0.1, 0.15) is 5.82 Å². The first-order valence-corrected chi connectivity index (χ1v) is 18.1. The molecule has 5 rings (SSSR count). The van der Waals surface area contributed by atoms with E-state index >= 15 is 4.39 Å². The van der Waals surface area contributed by atoms with Crippen LogP contribution < -0.4 is 0 Å². The number of carbonyl (C=O) groups excluding carboxylic acids is 1. The van der Waals surface area contributed by atoms with Crippen LogP contribution >= 0.6 is 34.5 Å². The van der Waals surface area contributed by atoms with E-state index in [0.717, 1.165) is 18.4 Å². The van der Waals surface area contributed by atoms with E-state index in [-0.39, 0.29) is 41.4 Å². The maximum atomic E-state index is 15.1. The SMILES string of the molecule is CC(C)(C)S(=O)(=O)C[C@H](C1CC1)N1C(=O)[C@@](C)(Cc2ncc(CC(=O)O)s2)C[C@H](c2cccc(Cl)c2)[C@H]1c1ccc(Cl)c(F)c1. The molecular weight excluding hydrogens is 658 g/mol. The van der Waals surface area contributed by atoms with Gasteiger partial charge in [-0.3, -0.25) is 9.59 Å². The first-order valence-electron chi connectivity index (χ1n) is 14.9. The van der Waals surface area contributed by atoms with Gasteiger partial charge in [-0.1, -0.05) is 48.3 Å². The second-order valence-corrected chi connectivity index (χ2v) is 18.4. The van der Waals surface area contributed by atoms with Gasteiger partial charge in [-0.25, -0.2) is 17.8 Å². The Hall–Kier alpha value is -2.53. The number of carboxylic acid groups (broad SMARTS) is 1. The molecule has 1 N–H and O–H groups in total. The van der Waals surface area contributed by atoms with Gasteiger partial charge in [-0.15, -0.1) is 11.3 Å². The number of benzene rings is 2. The van der Waals surface area contributed by atoms with Gasteiger partial charge in [0, 0.05) is 34.5 Å². The minimum atomic E-state index is -3.66. The topological polar surface area (TPSA) is 105 Å². The third kappa shape index (κ3) is 7.24. The number of nitrogens with zero attached hydrogens (tertiary/aromatic N) is 2. The lowest BCUT2D eigenvalue weighted by Gasteiger charge is -2.52. The summed E-state index contributed by atoms with van der Waals surface area (Å²) in [5, 5.41) is 10.3. The van der Waals surface area contributed by atoms with E-state index in [9.17, 15) is 23.1 Å². The number of likely N-dealkylation sites (tertiary alicyclic amines) is 1. The Morgan fingerprint density at radius 3 is 2.49 bits per heavy atom. The van der Waals surface area contributed by atoms with Crippen molar-refractivity contribution in [3.05, 3.63) is 85.5 Å². The van der Waals surface area contributed by atoms with Crippen molar-refractivity contribution in [2.24, 2.45) is 11.3 Å². The molecule has 45 heavy (non-hydrogen) atoms. The Bertz CT molecular complexity index is 1720. The zero-order valence-electron chi connectivity index (χ0n) is 25.6. The van der Waals surface area contributed by atoms with E-state index in [2.05, 4.69) is 4.98 Å². The second kappa shape index (κ2) is 12.6. The van der Waals surface area contributed by atoms with Gasteiger partial charge in [0.25, 0.3) is 0 Å². The number of thiazole rings is 1. The van der Waals surface area contributed by atoms with Crippen molar-refractivity contribution < 1.29 is 27.5 Å². The molecule has 2 aliphatic rings. The largest absolute Gasteiger partial charge is 0.481 e. The summed E-state index contributed by atoms with van der Waals surface area (Å²) in [4.78, 5) is 33.1. The summed E-state index contributed by atoms with van der Waals surface area (Å²) < 4.78 is 41.5. The highest BCUT2D eigenvalue weighted by Gasteiger charge is 2.55. The number of piperidine rings is 1. The summed E-state index contributed by atoms with van der Waals surface area (Å²) in [5.74, 6) is -2.48. The summed E-state index contributed by atoms with van der Waals surface area (Å²) >= 11 is 13.8. The number of aromatic nitrogens is 1. The third-order valence-electron chi connectivity index (χ3n) is 8.98. The molecule has 1 saturated carbocycles. The van der Waals surface area contributed by atoms with Crippen molar-refractivity contribution in [2.45, 2.75) is 82.5 Å². The van der Waals surface area contributed by atoms with Crippen molar-refractivity contribution in [2.75, 3.05) is 5.75 Å². The van der Waals surface area contributed by atoms with Gasteiger partial charge in [0.2, 0.25) is 5.91 Å². The quantitative estimate of drug-likeness (QED) is 0.236. The minimum Gasteiger partial charge on any atom is -0.481 e. The molecule has 2 fully saturated rings. The number of rotatable bonds is 10. The highest BCUT2D eigenvalue weighted by molar-refractivity contribution is 7.92. The predicted octanol–water partition coefficient (Wildman–Crippen LogP) is 7.51. The molecule has 1 saturated heterocycles. The Kier molecular flexibility index (Phi) is 9.46. The molecular formula is C33H37Cl2FN2O5S2. The average molecular weight is 696 g/mol. The fourth-order valence-corrected chi connectivity index (χ4v) is 9.14. The molecule has 12 heteroatoms. The number of carboxylic acids is 1. The summed E-state index contributed by atoms with van der Waals surface area (Å²) in [6.07, 6.45) is 3.49. The first kappa shape index (κ1) is 33.8. The zero-order chi connectivity index (χ0) is 32.9. The molecule has 1 aromatic heterocycles. The van der Waals surface area contributed by atoms with Gasteiger partial charge in [0.15, 0.2) is 9.84 Å². The molecule has 2 aromatic carbocycles. The van der Waals surface area contributed by atoms with Crippen LogP contribution in [0.3, 0.4) is 0 Å². The Morgan fingerprint density at radius 1 is 1.18 bits per heavy atom. The molecule has 0 unspecified atom stereocenters. The van der Waals surface area contributed by atoms with Gasteiger partial charge in [-0.2, -0.15) is 0 Å². The standard InChI is InChI=1S/C33H37Cl2FN2O5S2/c1-32(2,3)45(42,43)18-27(19-8-9-19)38-30(21-10-11-25(35)26(36)13-21)24(20-6-5-7-22(34)12-20)15-33(4,31(38)41)16-28-37-17-23(44-28)14-29(39)40/h5-7,10-13,17,19,24,27,30H,8-9,14-16,18H2,1-4H3,(H,39,40)/t24-,27-,30-,33-/m1/s1. The fraction of sp³-hybridized carbons (Fsp3) is 0.485. The van der Waals surface area contributed by atoms with Crippen LogP contribution in [0.5, 0.6) is 0 Å². The Morgan fingerprint density at radius 2 is 1.89 bits per heavy atom. The van der Waals surface area contributed by atoms with Gasteiger partial charge in [-0.05, 0) is 81.3 Å². The lowest BCUT2D eigenvalue weighted by atomic mass is 9.67. The molecule has 2 heterocycles. The molecule has 7 nitrogen and oxygen atoms in total. The van der Waals surface area contributed by atoms with Crippen LogP contribution in [0, 0.1) is 17.2 Å². The molecule has 1 aliphatic carbocycles. The van der Waals surface area contributed by atoms with Crippen LogP contribution in [0.1, 0.15) is 79.9 Å². The maximum absolute atomic E-state index is 15.1. The van der Waals surface area contributed by atoms with E-state index in [1.807, 2.05) is 25.1 Å². The van der Waals surface area contributed by atoms with Crippen LogP contribution in [0.25, 0.3) is 0 Å². The van der Waals surface area contributed by atoms with Crippen molar-refractivity contribution in [3.63, 3.8) is 0 Å². The molecule has 242 valence electrons. The van der Waals surface area contributed by atoms with Crippen molar-refractivity contribution in [1.82, 2.24) is 9.88 Å². The van der Waals surface area contributed by atoms with Crippen LogP contribution in [-0.2, 0) is 32.3 Å². The molecule has 4 atom stereocenters. The van der Waals surface area contributed by atoms with E-state index in [1.54, 1.807) is 37.8 Å². The average Bonchev–Trinajstić information content (AvgIpc) is 3.70. The molecule has 1 amide bonds. The van der Waals surface area contributed by atoms with Crippen LogP contribution in [0.15, 0.2) is 48.7 Å². The number of hydrogen-bond donors (Lipinski definition) is 1. The van der Waals surface area contributed by atoms with E-state index < -0.39 is 43.9 Å². The lowest BCUT2D eigenvalue weighted by molar-refractivity contribution is -0.154. The Labute approximate surface area is 277 Å². The smallest absolute Gasteiger partial charge is 0.308 e. The molecule has 1 aliphatic heterocycles. The summed E-state index contributed by atoms with van der Waals surface area (Å²) in [5.41, 5.74) is 0.324. The highest BCUT2D eigenvalue weighted by Crippen LogP contribution is 2.54. The molecule has 0 bridgehead atoms. The first-order chi connectivity index (χ1) is 21.0. The number of amides is 1. The number of halogens is 3. The summed E-state index contributed by atoms with van der Waals surface area (Å²) in [6, 6.07) is 10.5. The van der Waals surface area contributed by atoms with Crippen molar-refractivity contribution in [3.8, 4) is 0 Å².